The number of hydrogen-bond donors (Lipinski definition) is 3. The minimum atomic E-state index is -0.925. The van der Waals surface area contributed by atoms with Gasteiger partial charge in [-0.3, -0.25) is 0 Å². The van der Waals surface area contributed by atoms with E-state index < -0.39 is 5.97 Å². The predicted molar refractivity (Wildman–Crippen MR) is 69.2 cm³/mol. The zero-order valence-electron chi connectivity index (χ0n) is 10.3. The summed E-state index contributed by atoms with van der Waals surface area (Å²) in [5.41, 5.74) is 6.44. The number of H-pyrrole nitrogens is 1. The Morgan fingerprint density at radius 3 is 2.29 bits per heavy atom. The molecule has 4 heteroatoms. The number of fused-ring (bicyclic) bond motifs is 1. The van der Waals surface area contributed by atoms with Crippen molar-refractivity contribution < 1.29 is 9.90 Å². The van der Waals surface area contributed by atoms with Crippen molar-refractivity contribution in [2.45, 2.75) is 26.3 Å². The molecule has 0 saturated heterocycles. The Labute approximate surface area is 100 Å². The maximum Gasteiger partial charge on any atom is 0.352 e. The van der Waals surface area contributed by atoms with Gasteiger partial charge in [-0.25, -0.2) is 4.79 Å². The number of carboxylic acid groups (broad SMARTS) is 1. The zero-order chi connectivity index (χ0) is 13.1. The average Bonchev–Trinajstić information content (AvgIpc) is 2.58. The molecule has 0 aliphatic carbocycles. The molecule has 1 aromatic heterocycles. The highest BCUT2D eigenvalue weighted by Crippen LogP contribution is 2.13. The number of benzene rings is 1. The van der Waals surface area contributed by atoms with Crippen molar-refractivity contribution in [1.82, 2.24) is 4.98 Å². The summed E-state index contributed by atoms with van der Waals surface area (Å²) < 4.78 is 0. The third-order valence-electron chi connectivity index (χ3n) is 1.76. The van der Waals surface area contributed by atoms with Crippen LogP contribution in [0.3, 0.4) is 0 Å². The molecule has 0 spiro atoms. The summed E-state index contributed by atoms with van der Waals surface area (Å²) in [6.07, 6.45) is 0. The molecule has 0 aliphatic heterocycles. The Bertz CT molecular complexity index is 470. The summed E-state index contributed by atoms with van der Waals surface area (Å²) in [4.78, 5) is 13.3. The Kier molecular flexibility index (Phi) is 3.91. The van der Waals surface area contributed by atoms with Crippen molar-refractivity contribution in [3.05, 3.63) is 36.0 Å². The van der Waals surface area contributed by atoms with Crippen LogP contribution in [0.1, 0.15) is 31.3 Å². The lowest BCUT2D eigenvalue weighted by Crippen LogP contribution is -2.26. The quantitative estimate of drug-likeness (QED) is 0.709. The fourth-order valence-corrected chi connectivity index (χ4v) is 1.19. The van der Waals surface area contributed by atoms with Crippen LogP contribution in [0.15, 0.2) is 30.3 Å². The Morgan fingerprint density at radius 2 is 1.82 bits per heavy atom. The number of aromatic nitrogens is 1. The van der Waals surface area contributed by atoms with E-state index in [1.165, 1.54) is 0 Å². The number of para-hydroxylation sites is 1. The first-order chi connectivity index (χ1) is 7.77. The van der Waals surface area contributed by atoms with Crippen LogP contribution in [-0.2, 0) is 0 Å². The van der Waals surface area contributed by atoms with E-state index in [1.54, 1.807) is 6.07 Å². The summed E-state index contributed by atoms with van der Waals surface area (Å²) in [6, 6.07) is 9.09. The van der Waals surface area contributed by atoms with Gasteiger partial charge in [0.1, 0.15) is 5.69 Å². The van der Waals surface area contributed by atoms with Gasteiger partial charge in [-0.1, -0.05) is 18.2 Å². The van der Waals surface area contributed by atoms with Crippen LogP contribution < -0.4 is 5.73 Å². The molecule has 0 fully saturated rings. The molecule has 2 rings (SSSR count). The smallest absolute Gasteiger partial charge is 0.352 e. The number of nitrogens with one attached hydrogen (secondary N) is 1. The third-order valence-corrected chi connectivity index (χ3v) is 1.76. The monoisotopic (exact) mass is 234 g/mol. The second kappa shape index (κ2) is 5.01. The van der Waals surface area contributed by atoms with Crippen molar-refractivity contribution in [2.24, 2.45) is 5.73 Å². The number of carboxylic acids is 1. The van der Waals surface area contributed by atoms with Gasteiger partial charge < -0.3 is 15.8 Å². The SMILES string of the molecule is CC(C)(C)N.O=C(O)c1cc2ccccc2[nH]1. The molecule has 4 nitrogen and oxygen atoms in total. The molecule has 0 aliphatic rings. The van der Waals surface area contributed by atoms with Gasteiger partial charge in [0.15, 0.2) is 0 Å². The highest BCUT2D eigenvalue weighted by atomic mass is 16.4. The molecule has 0 atom stereocenters. The van der Waals surface area contributed by atoms with Gasteiger partial charge in [0.25, 0.3) is 0 Å². The van der Waals surface area contributed by atoms with Gasteiger partial charge in [0, 0.05) is 16.4 Å². The number of aromatic amines is 1. The van der Waals surface area contributed by atoms with Gasteiger partial charge in [0.2, 0.25) is 0 Å². The van der Waals surface area contributed by atoms with Crippen LogP contribution in [0.4, 0.5) is 0 Å². The van der Waals surface area contributed by atoms with E-state index in [2.05, 4.69) is 4.98 Å². The van der Waals surface area contributed by atoms with E-state index in [4.69, 9.17) is 10.8 Å². The molecule has 0 saturated carbocycles. The fourth-order valence-electron chi connectivity index (χ4n) is 1.19. The Morgan fingerprint density at radius 1 is 1.29 bits per heavy atom. The summed E-state index contributed by atoms with van der Waals surface area (Å²) in [7, 11) is 0. The number of aromatic carboxylic acids is 1. The maximum atomic E-state index is 10.5. The molecule has 4 N–H and O–H groups in total. The minimum absolute atomic E-state index is 0. The van der Waals surface area contributed by atoms with Crippen LogP contribution in [0.5, 0.6) is 0 Å². The first kappa shape index (κ1) is 13.3. The number of carbonyl (C=O) groups is 1. The summed E-state index contributed by atoms with van der Waals surface area (Å²) >= 11 is 0. The molecular weight excluding hydrogens is 216 g/mol. The van der Waals surface area contributed by atoms with Crippen molar-refractivity contribution in [3.8, 4) is 0 Å². The lowest BCUT2D eigenvalue weighted by Gasteiger charge is -2.06. The number of rotatable bonds is 1. The van der Waals surface area contributed by atoms with Gasteiger partial charge in [-0.2, -0.15) is 0 Å². The highest BCUT2D eigenvalue weighted by molar-refractivity contribution is 5.93. The molecule has 0 bridgehead atoms. The Balaban J connectivity index is 0.000000249. The molecule has 0 unspecified atom stereocenters. The van der Waals surface area contributed by atoms with E-state index in [1.807, 2.05) is 45.0 Å². The Hall–Kier alpha value is -1.81. The van der Waals surface area contributed by atoms with E-state index in [9.17, 15) is 4.79 Å². The van der Waals surface area contributed by atoms with Crippen molar-refractivity contribution in [3.63, 3.8) is 0 Å². The van der Waals surface area contributed by atoms with Gasteiger partial charge in [-0.15, -0.1) is 0 Å². The fraction of sp³-hybridized carbons (Fsp3) is 0.308. The normalized spacial score (nSPS) is 10.8. The van der Waals surface area contributed by atoms with Gasteiger partial charge in [0.05, 0.1) is 0 Å². The van der Waals surface area contributed by atoms with E-state index >= 15 is 0 Å². The molecule has 0 radical (unpaired) electrons. The second-order valence-corrected chi connectivity index (χ2v) is 4.94. The van der Waals surface area contributed by atoms with Crippen LogP contribution in [-0.4, -0.2) is 21.6 Å². The van der Waals surface area contributed by atoms with Crippen molar-refractivity contribution in [1.29, 1.82) is 0 Å². The van der Waals surface area contributed by atoms with E-state index in [0.717, 1.165) is 10.9 Å². The first-order valence-corrected chi connectivity index (χ1v) is 5.37. The minimum Gasteiger partial charge on any atom is -0.477 e. The largest absolute Gasteiger partial charge is 0.477 e. The first-order valence-electron chi connectivity index (χ1n) is 5.37. The summed E-state index contributed by atoms with van der Waals surface area (Å²) in [5, 5.41) is 9.58. The topological polar surface area (TPSA) is 79.1 Å². The van der Waals surface area contributed by atoms with E-state index in [0.29, 0.717) is 0 Å². The molecule has 1 aromatic carbocycles. The average molecular weight is 234 g/mol. The summed E-state index contributed by atoms with van der Waals surface area (Å²) in [6.45, 7) is 5.90. The zero-order valence-corrected chi connectivity index (χ0v) is 10.3. The molecule has 1 heterocycles. The number of nitrogens with two attached hydrogens (primary N) is 1. The van der Waals surface area contributed by atoms with Gasteiger partial charge >= 0.3 is 5.97 Å². The maximum absolute atomic E-state index is 10.5. The molecule has 2 aromatic rings. The second-order valence-electron chi connectivity index (χ2n) is 4.94. The van der Waals surface area contributed by atoms with Crippen molar-refractivity contribution in [2.75, 3.05) is 0 Å². The molecule has 17 heavy (non-hydrogen) atoms. The third kappa shape index (κ3) is 4.70. The predicted octanol–water partition coefficient (Wildman–Crippen LogP) is 2.61. The molecular formula is C13H18N2O2. The van der Waals surface area contributed by atoms with Crippen LogP contribution in [0, 0.1) is 0 Å². The van der Waals surface area contributed by atoms with Crippen molar-refractivity contribution >= 4 is 16.9 Å². The van der Waals surface area contributed by atoms with Crippen LogP contribution in [0.2, 0.25) is 0 Å². The highest BCUT2D eigenvalue weighted by Gasteiger charge is 2.05. The van der Waals surface area contributed by atoms with Crippen LogP contribution in [0.25, 0.3) is 10.9 Å². The molecule has 92 valence electrons. The number of hydrogen-bond acceptors (Lipinski definition) is 2. The van der Waals surface area contributed by atoms with Gasteiger partial charge in [-0.05, 0) is 32.9 Å². The lowest BCUT2D eigenvalue weighted by atomic mass is 10.1. The standard InChI is InChI=1S/C9H7NO2.C4H11N/c11-9(12)8-5-6-3-1-2-4-7(6)10-8;1-4(2,3)5/h1-5,10H,(H,11,12);5H2,1-3H3. The summed E-state index contributed by atoms with van der Waals surface area (Å²) in [5.74, 6) is -0.925. The lowest BCUT2D eigenvalue weighted by molar-refractivity contribution is 0.0691. The van der Waals surface area contributed by atoms with E-state index in [-0.39, 0.29) is 11.2 Å². The van der Waals surface area contributed by atoms with Crippen LogP contribution >= 0.6 is 0 Å². The molecule has 0 amide bonds.